The molecule has 2 nitrogen and oxygen atoms in total. The van der Waals surface area contributed by atoms with E-state index in [9.17, 15) is 9.50 Å². The minimum absolute atomic E-state index is 0.0111. The summed E-state index contributed by atoms with van der Waals surface area (Å²) in [5.41, 5.74) is 0.219. The second kappa shape index (κ2) is 6.42. The van der Waals surface area contributed by atoms with E-state index in [0.717, 1.165) is 24.8 Å². The van der Waals surface area contributed by atoms with Crippen molar-refractivity contribution in [3.05, 3.63) is 34.6 Å². The van der Waals surface area contributed by atoms with Gasteiger partial charge in [-0.1, -0.05) is 37.4 Å². The maximum atomic E-state index is 13.5. The normalized spacial score (nSPS) is 28.4. The molecule has 0 spiro atoms. The monoisotopic (exact) mass is 299 g/mol. The number of hydrogen-bond acceptors (Lipinski definition) is 2. The Labute approximate surface area is 125 Å². The summed E-state index contributed by atoms with van der Waals surface area (Å²) < 4.78 is 13.5. The van der Waals surface area contributed by atoms with Crippen LogP contribution in [0.1, 0.15) is 51.1 Å². The Morgan fingerprint density at radius 1 is 1.55 bits per heavy atom. The number of benzene rings is 1. The molecule has 1 aromatic carbocycles. The van der Waals surface area contributed by atoms with Gasteiger partial charge in [-0.05, 0) is 43.4 Å². The van der Waals surface area contributed by atoms with Crippen LogP contribution in [0.5, 0.6) is 0 Å². The molecule has 1 aromatic rings. The van der Waals surface area contributed by atoms with Crippen molar-refractivity contribution in [2.75, 3.05) is 6.54 Å². The summed E-state index contributed by atoms with van der Waals surface area (Å²) in [4.78, 5) is 0. The first-order chi connectivity index (χ1) is 9.39. The highest BCUT2D eigenvalue weighted by Crippen LogP contribution is 2.32. The largest absolute Gasteiger partial charge is 0.389 e. The van der Waals surface area contributed by atoms with Crippen LogP contribution in [0.25, 0.3) is 0 Å². The fraction of sp³-hybridized carbons (Fsp3) is 0.625. The Morgan fingerprint density at radius 3 is 2.95 bits per heavy atom. The summed E-state index contributed by atoms with van der Waals surface area (Å²) in [7, 11) is 0. The number of rotatable bonds is 4. The van der Waals surface area contributed by atoms with Crippen LogP contribution < -0.4 is 5.32 Å². The first kappa shape index (κ1) is 15.7. The lowest BCUT2D eigenvalue weighted by Crippen LogP contribution is -2.44. The highest BCUT2D eigenvalue weighted by atomic mass is 35.5. The maximum Gasteiger partial charge on any atom is 0.142 e. The van der Waals surface area contributed by atoms with Crippen molar-refractivity contribution in [2.45, 2.75) is 51.2 Å². The third kappa shape index (κ3) is 3.94. The van der Waals surface area contributed by atoms with Gasteiger partial charge in [0.15, 0.2) is 0 Å². The summed E-state index contributed by atoms with van der Waals surface area (Å²) in [6.07, 6.45) is 3.94. The van der Waals surface area contributed by atoms with Crippen LogP contribution >= 0.6 is 11.6 Å². The summed E-state index contributed by atoms with van der Waals surface area (Å²) in [5, 5.41) is 14.0. The zero-order valence-electron chi connectivity index (χ0n) is 12.1. The molecule has 2 rings (SSSR count). The smallest absolute Gasteiger partial charge is 0.142 e. The molecule has 1 fully saturated rings. The molecule has 1 aliphatic rings. The first-order valence-corrected chi connectivity index (χ1v) is 7.68. The zero-order valence-corrected chi connectivity index (χ0v) is 12.9. The van der Waals surface area contributed by atoms with Gasteiger partial charge in [0.25, 0.3) is 0 Å². The molecule has 0 radical (unpaired) electrons. The minimum Gasteiger partial charge on any atom is -0.389 e. The lowest BCUT2D eigenvalue weighted by Gasteiger charge is -2.36. The molecule has 0 aliphatic heterocycles. The Morgan fingerprint density at radius 2 is 2.30 bits per heavy atom. The van der Waals surface area contributed by atoms with Crippen molar-refractivity contribution in [3.8, 4) is 0 Å². The minimum atomic E-state index is -0.628. The van der Waals surface area contributed by atoms with Crippen LogP contribution in [0.4, 0.5) is 4.39 Å². The Balaban J connectivity index is 1.94. The van der Waals surface area contributed by atoms with Gasteiger partial charge in [-0.3, -0.25) is 0 Å². The van der Waals surface area contributed by atoms with E-state index < -0.39 is 11.4 Å². The Kier molecular flexibility index (Phi) is 5.05. The average molecular weight is 300 g/mol. The van der Waals surface area contributed by atoms with E-state index in [1.54, 1.807) is 6.07 Å². The van der Waals surface area contributed by atoms with E-state index in [4.69, 9.17) is 11.6 Å². The zero-order chi connectivity index (χ0) is 14.8. The molecule has 0 heterocycles. The maximum absolute atomic E-state index is 13.5. The Bertz CT molecular complexity index is 468. The highest BCUT2D eigenvalue weighted by Gasteiger charge is 2.32. The summed E-state index contributed by atoms with van der Waals surface area (Å²) >= 11 is 5.69. The van der Waals surface area contributed by atoms with E-state index >= 15 is 0 Å². The van der Waals surface area contributed by atoms with Gasteiger partial charge in [0.2, 0.25) is 0 Å². The molecule has 20 heavy (non-hydrogen) atoms. The van der Waals surface area contributed by atoms with Crippen molar-refractivity contribution in [3.63, 3.8) is 0 Å². The third-order valence-electron chi connectivity index (χ3n) is 4.25. The predicted molar refractivity (Wildman–Crippen MR) is 80.4 cm³/mol. The van der Waals surface area contributed by atoms with Crippen molar-refractivity contribution in [1.29, 1.82) is 0 Å². The molecule has 1 saturated carbocycles. The van der Waals surface area contributed by atoms with E-state index in [2.05, 4.69) is 12.2 Å². The summed E-state index contributed by atoms with van der Waals surface area (Å²) in [5.74, 6) is 0.168. The molecule has 0 bridgehead atoms. The fourth-order valence-electron chi connectivity index (χ4n) is 3.04. The van der Waals surface area contributed by atoms with Crippen LogP contribution in [0.2, 0.25) is 5.02 Å². The van der Waals surface area contributed by atoms with Gasteiger partial charge in [0.1, 0.15) is 5.82 Å². The van der Waals surface area contributed by atoms with Gasteiger partial charge in [0, 0.05) is 12.6 Å². The van der Waals surface area contributed by atoms with Gasteiger partial charge in [-0.15, -0.1) is 0 Å². The van der Waals surface area contributed by atoms with Gasteiger partial charge < -0.3 is 10.4 Å². The van der Waals surface area contributed by atoms with E-state index in [1.165, 1.54) is 12.5 Å². The average Bonchev–Trinajstić information content (AvgIpc) is 2.39. The lowest BCUT2D eigenvalue weighted by molar-refractivity contribution is -0.0134. The number of nitrogens with one attached hydrogen (secondary N) is 1. The quantitative estimate of drug-likeness (QED) is 0.878. The van der Waals surface area contributed by atoms with Gasteiger partial charge in [-0.25, -0.2) is 4.39 Å². The number of halogens is 2. The first-order valence-electron chi connectivity index (χ1n) is 7.30. The molecule has 112 valence electrons. The summed E-state index contributed by atoms with van der Waals surface area (Å²) in [6, 6.07) is 4.83. The SMILES string of the molecule is CC1CCCC(O)(CNC(C)c2ccc(Cl)c(F)c2)C1. The van der Waals surface area contributed by atoms with Crippen LogP contribution in [-0.2, 0) is 0 Å². The third-order valence-corrected chi connectivity index (χ3v) is 4.55. The van der Waals surface area contributed by atoms with Crippen molar-refractivity contribution in [2.24, 2.45) is 5.92 Å². The lowest BCUT2D eigenvalue weighted by atomic mass is 9.79. The fourth-order valence-corrected chi connectivity index (χ4v) is 3.15. The predicted octanol–water partition coefficient (Wildman–Crippen LogP) is 4.07. The topological polar surface area (TPSA) is 32.3 Å². The summed E-state index contributed by atoms with van der Waals surface area (Å²) in [6.45, 7) is 4.70. The molecular formula is C16H23ClFNO. The van der Waals surface area contributed by atoms with Crippen LogP contribution in [0, 0.1) is 11.7 Å². The van der Waals surface area contributed by atoms with Crippen LogP contribution in [0.15, 0.2) is 18.2 Å². The van der Waals surface area contributed by atoms with Crippen molar-refractivity contribution < 1.29 is 9.50 Å². The van der Waals surface area contributed by atoms with E-state index in [-0.39, 0.29) is 11.1 Å². The Hall–Kier alpha value is -0.640. The molecule has 2 N–H and O–H groups in total. The number of aliphatic hydroxyl groups is 1. The van der Waals surface area contributed by atoms with Crippen LogP contribution in [-0.4, -0.2) is 17.3 Å². The van der Waals surface area contributed by atoms with Gasteiger partial charge in [-0.2, -0.15) is 0 Å². The molecule has 0 saturated heterocycles. The van der Waals surface area contributed by atoms with Crippen LogP contribution in [0.3, 0.4) is 0 Å². The van der Waals surface area contributed by atoms with Gasteiger partial charge >= 0.3 is 0 Å². The van der Waals surface area contributed by atoms with Crippen molar-refractivity contribution in [1.82, 2.24) is 5.32 Å². The molecule has 0 amide bonds. The highest BCUT2D eigenvalue weighted by molar-refractivity contribution is 6.30. The molecular weight excluding hydrogens is 277 g/mol. The van der Waals surface area contributed by atoms with Gasteiger partial charge in [0.05, 0.1) is 10.6 Å². The molecule has 4 heteroatoms. The standard InChI is InChI=1S/C16H23ClFNO/c1-11-4-3-7-16(20,9-11)10-19-12(2)13-5-6-14(17)15(18)8-13/h5-6,8,11-12,19-20H,3-4,7,9-10H2,1-2H3. The number of hydrogen-bond donors (Lipinski definition) is 2. The molecule has 3 unspecified atom stereocenters. The molecule has 0 aromatic heterocycles. The van der Waals surface area contributed by atoms with E-state index in [0.29, 0.717) is 12.5 Å². The van der Waals surface area contributed by atoms with E-state index in [1.807, 2.05) is 13.0 Å². The second-order valence-electron chi connectivity index (χ2n) is 6.20. The molecule has 3 atom stereocenters. The second-order valence-corrected chi connectivity index (χ2v) is 6.61. The van der Waals surface area contributed by atoms with Crippen molar-refractivity contribution >= 4 is 11.6 Å². The molecule has 1 aliphatic carbocycles.